The largest absolute Gasteiger partial charge is 0.468 e. The molecule has 0 aliphatic carbocycles. The lowest BCUT2D eigenvalue weighted by molar-refractivity contribution is -0.154. The van der Waals surface area contributed by atoms with E-state index in [1.807, 2.05) is 6.92 Å². The van der Waals surface area contributed by atoms with E-state index in [0.29, 0.717) is 17.1 Å². The Morgan fingerprint density at radius 3 is 2.79 bits per heavy atom. The van der Waals surface area contributed by atoms with Crippen LogP contribution in [0, 0.1) is 4.77 Å². The van der Waals surface area contributed by atoms with Gasteiger partial charge in [0.2, 0.25) is 5.88 Å². The van der Waals surface area contributed by atoms with Crippen LogP contribution in [0.1, 0.15) is 23.1 Å². The Labute approximate surface area is 139 Å². The van der Waals surface area contributed by atoms with E-state index < -0.39 is 18.7 Å². The fourth-order valence-electron chi connectivity index (χ4n) is 1.83. The van der Waals surface area contributed by atoms with Crippen molar-refractivity contribution >= 4 is 18.1 Å². The zero-order chi connectivity index (χ0) is 17.7. The van der Waals surface area contributed by atoms with Crippen LogP contribution in [0.15, 0.2) is 18.3 Å². The van der Waals surface area contributed by atoms with Gasteiger partial charge in [-0.05, 0) is 25.2 Å². The summed E-state index contributed by atoms with van der Waals surface area (Å²) in [7, 11) is 0. The summed E-state index contributed by atoms with van der Waals surface area (Å²) in [6, 6.07) is 2.52. The number of hydrogen-bond acceptors (Lipinski definition) is 5. The minimum atomic E-state index is -4.44. The third-order valence-corrected chi connectivity index (χ3v) is 3.25. The van der Waals surface area contributed by atoms with Gasteiger partial charge in [0.25, 0.3) is 5.91 Å². The van der Waals surface area contributed by atoms with E-state index in [4.69, 9.17) is 12.2 Å². The Bertz CT molecular complexity index is 754. The van der Waals surface area contributed by atoms with E-state index in [0.717, 1.165) is 6.20 Å². The highest BCUT2D eigenvalue weighted by Gasteiger charge is 2.28. The number of nitrogens with zero attached hydrogens (tertiary/aromatic N) is 3. The van der Waals surface area contributed by atoms with Crippen molar-refractivity contribution in [3.05, 3.63) is 34.5 Å². The molecule has 2 N–H and O–H groups in total. The highest BCUT2D eigenvalue weighted by molar-refractivity contribution is 7.71. The number of pyridine rings is 1. The quantitative estimate of drug-likeness (QED) is 0.771. The second kappa shape index (κ2) is 7.43. The van der Waals surface area contributed by atoms with Gasteiger partial charge < -0.3 is 14.6 Å². The zero-order valence-corrected chi connectivity index (χ0v) is 13.4. The summed E-state index contributed by atoms with van der Waals surface area (Å²) in [5.41, 5.74) is 0.187. The first-order valence-corrected chi connectivity index (χ1v) is 7.29. The van der Waals surface area contributed by atoms with Crippen molar-refractivity contribution in [2.45, 2.75) is 26.2 Å². The molecule has 7 nitrogen and oxygen atoms in total. The molecule has 2 rings (SSSR count). The van der Waals surface area contributed by atoms with Gasteiger partial charge in [0.1, 0.15) is 0 Å². The van der Waals surface area contributed by atoms with Crippen LogP contribution < -0.4 is 10.1 Å². The molecule has 11 heteroatoms. The molecule has 2 aromatic heterocycles. The molecular weight excluding hydrogens is 347 g/mol. The average molecular weight is 361 g/mol. The average Bonchev–Trinajstić information content (AvgIpc) is 2.90. The maximum Gasteiger partial charge on any atom is 0.422 e. The standard InChI is InChI=1S/C13H14F3N5O2S/c1-2-21-9(19-20-12(21)24)6-18-11(22)8-3-4-10(17-5-8)23-7-13(14,15)16/h3-5H,2,6-7H2,1H3,(H,18,22)(H,20,24). The van der Waals surface area contributed by atoms with Crippen LogP contribution in [0.5, 0.6) is 5.88 Å². The molecule has 0 saturated carbocycles. The number of halogens is 3. The van der Waals surface area contributed by atoms with E-state index >= 15 is 0 Å². The molecule has 2 heterocycles. The number of alkyl halides is 3. The smallest absolute Gasteiger partial charge is 0.422 e. The zero-order valence-electron chi connectivity index (χ0n) is 12.6. The molecule has 0 atom stereocenters. The number of H-pyrrole nitrogens is 1. The van der Waals surface area contributed by atoms with E-state index in [9.17, 15) is 18.0 Å². The molecule has 0 saturated heterocycles. The summed E-state index contributed by atoms with van der Waals surface area (Å²) in [4.78, 5) is 15.7. The molecule has 0 aliphatic rings. The molecule has 24 heavy (non-hydrogen) atoms. The number of rotatable bonds is 6. The van der Waals surface area contributed by atoms with Crippen molar-refractivity contribution in [2.24, 2.45) is 0 Å². The van der Waals surface area contributed by atoms with Crippen LogP contribution in [0.2, 0.25) is 0 Å². The number of carbonyl (C=O) groups excluding carboxylic acids is 1. The molecular formula is C13H14F3N5O2S. The van der Waals surface area contributed by atoms with Gasteiger partial charge in [0.05, 0.1) is 12.1 Å². The molecule has 0 bridgehead atoms. The molecule has 1 amide bonds. The van der Waals surface area contributed by atoms with Gasteiger partial charge in [0.15, 0.2) is 17.2 Å². The van der Waals surface area contributed by atoms with Gasteiger partial charge in [-0.1, -0.05) is 0 Å². The molecule has 0 aliphatic heterocycles. The number of aromatic amines is 1. The van der Waals surface area contributed by atoms with Crippen molar-refractivity contribution in [3.63, 3.8) is 0 Å². The minimum Gasteiger partial charge on any atom is -0.468 e. The topological polar surface area (TPSA) is 84.8 Å². The Balaban J connectivity index is 1.94. The number of carbonyl (C=O) groups is 1. The van der Waals surface area contributed by atoms with Crippen molar-refractivity contribution in [1.82, 2.24) is 25.1 Å². The summed E-state index contributed by atoms with van der Waals surface area (Å²) in [6.07, 6.45) is -3.31. The third-order valence-electron chi connectivity index (χ3n) is 2.94. The number of amides is 1. The highest BCUT2D eigenvalue weighted by Crippen LogP contribution is 2.17. The van der Waals surface area contributed by atoms with Gasteiger partial charge in [-0.15, -0.1) is 0 Å². The van der Waals surface area contributed by atoms with Crippen LogP contribution in [0.4, 0.5) is 13.2 Å². The Hall–Kier alpha value is -2.43. The van der Waals surface area contributed by atoms with E-state index in [-0.39, 0.29) is 18.0 Å². The van der Waals surface area contributed by atoms with E-state index in [1.54, 1.807) is 4.57 Å². The lowest BCUT2D eigenvalue weighted by Crippen LogP contribution is -2.25. The lowest BCUT2D eigenvalue weighted by atomic mass is 10.2. The van der Waals surface area contributed by atoms with Gasteiger partial charge in [0, 0.05) is 18.8 Å². The van der Waals surface area contributed by atoms with Crippen molar-refractivity contribution in [2.75, 3.05) is 6.61 Å². The van der Waals surface area contributed by atoms with Crippen LogP contribution >= 0.6 is 12.2 Å². The van der Waals surface area contributed by atoms with Crippen LogP contribution in [-0.2, 0) is 13.1 Å². The SMILES string of the molecule is CCn1c(CNC(=O)c2ccc(OCC(F)(F)F)nc2)n[nH]c1=S. The van der Waals surface area contributed by atoms with Gasteiger partial charge in [-0.2, -0.15) is 18.3 Å². The van der Waals surface area contributed by atoms with Crippen molar-refractivity contribution in [1.29, 1.82) is 0 Å². The van der Waals surface area contributed by atoms with Crippen molar-refractivity contribution in [3.8, 4) is 5.88 Å². The maximum absolute atomic E-state index is 12.0. The molecule has 0 unspecified atom stereocenters. The lowest BCUT2D eigenvalue weighted by Gasteiger charge is -2.09. The molecule has 0 fully saturated rings. The normalized spacial score (nSPS) is 11.3. The molecule has 130 valence electrons. The monoisotopic (exact) mass is 361 g/mol. The van der Waals surface area contributed by atoms with Crippen molar-refractivity contribution < 1.29 is 22.7 Å². The second-order valence-corrected chi connectivity index (χ2v) is 5.05. The minimum absolute atomic E-state index is 0.145. The summed E-state index contributed by atoms with van der Waals surface area (Å²) < 4.78 is 42.8. The fraction of sp³-hybridized carbons (Fsp3) is 0.385. The summed E-state index contributed by atoms with van der Waals surface area (Å²) in [5.74, 6) is -0.0915. The first-order valence-electron chi connectivity index (χ1n) is 6.88. The Kier molecular flexibility index (Phi) is 5.54. The molecule has 0 spiro atoms. The Morgan fingerprint density at radius 1 is 1.46 bits per heavy atom. The Morgan fingerprint density at radius 2 is 2.21 bits per heavy atom. The number of aromatic nitrogens is 4. The number of hydrogen-bond donors (Lipinski definition) is 2. The van der Waals surface area contributed by atoms with Crippen LogP contribution in [-0.4, -0.2) is 38.4 Å². The molecule has 0 aromatic carbocycles. The third kappa shape index (κ3) is 4.78. The predicted octanol–water partition coefficient (Wildman–Crippen LogP) is 2.23. The van der Waals surface area contributed by atoms with Gasteiger partial charge >= 0.3 is 6.18 Å². The predicted molar refractivity (Wildman–Crippen MR) is 80.0 cm³/mol. The second-order valence-electron chi connectivity index (χ2n) is 4.66. The van der Waals surface area contributed by atoms with Gasteiger partial charge in [-0.3, -0.25) is 9.89 Å². The summed E-state index contributed by atoms with van der Waals surface area (Å²) in [6.45, 7) is 1.20. The number of nitrogens with one attached hydrogen (secondary N) is 2. The van der Waals surface area contributed by atoms with E-state index in [2.05, 4.69) is 25.2 Å². The van der Waals surface area contributed by atoms with E-state index in [1.165, 1.54) is 12.1 Å². The highest BCUT2D eigenvalue weighted by atomic mass is 32.1. The molecule has 0 radical (unpaired) electrons. The maximum atomic E-state index is 12.0. The van der Waals surface area contributed by atoms with Crippen LogP contribution in [0.3, 0.4) is 0 Å². The van der Waals surface area contributed by atoms with Crippen LogP contribution in [0.25, 0.3) is 0 Å². The fourth-order valence-corrected chi connectivity index (χ4v) is 2.11. The first kappa shape index (κ1) is 17.9. The molecule has 2 aromatic rings. The summed E-state index contributed by atoms with van der Waals surface area (Å²) in [5, 5.41) is 9.26. The number of ether oxygens (including phenoxy) is 1. The summed E-state index contributed by atoms with van der Waals surface area (Å²) >= 11 is 5.04. The van der Waals surface area contributed by atoms with Gasteiger partial charge in [-0.25, -0.2) is 4.98 Å². The first-order chi connectivity index (χ1) is 11.3.